The molecule has 26 heavy (non-hydrogen) atoms. The van der Waals surface area contributed by atoms with Crippen molar-refractivity contribution in [1.82, 2.24) is 15.0 Å². The van der Waals surface area contributed by atoms with Gasteiger partial charge >= 0.3 is 0 Å². The van der Waals surface area contributed by atoms with Crippen LogP contribution in [0.25, 0.3) is 16.5 Å². The lowest BCUT2D eigenvalue weighted by atomic mass is 10.1. The molecule has 0 bridgehead atoms. The summed E-state index contributed by atoms with van der Waals surface area (Å²) in [5.41, 5.74) is 1.67. The fourth-order valence-electron chi connectivity index (χ4n) is 2.98. The van der Waals surface area contributed by atoms with Crippen LogP contribution in [0.2, 0.25) is 0 Å². The number of benzene rings is 3. The molecule has 3 aromatic carbocycles. The molecule has 5 nitrogen and oxygen atoms in total. The van der Waals surface area contributed by atoms with Crippen LogP contribution in [-0.4, -0.2) is 25.2 Å². The highest BCUT2D eigenvalue weighted by Crippen LogP contribution is 2.39. The fourth-order valence-corrected chi connectivity index (χ4v) is 3.96. The highest BCUT2D eigenvalue weighted by molar-refractivity contribution is 7.99. The normalized spacial score (nSPS) is 11.2. The van der Waals surface area contributed by atoms with Crippen LogP contribution in [0.4, 0.5) is 0 Å². The van der Waals surface area contributed by atoms with Crippen LogP contribution in [0.1, 0.15) is 11.1 Å². The SMILES string of the molecule is Cc1cc(O)c(C)c(O)c1-n1nncc1Sc1cccc2ccccc12. The van der Waals surface area contributed by atoms with Gasteiger partial charge in [0, 0.05) is 10.5 Å². The molecule has 4 rings (SSSR count). The Morgan fingerprint density at radius 1 is 1.00 bits per heavy atom. The van der Waals surface area contributed by atoms with Crippen molar-refractivity contribution < 1.29 is 10.2 Å². The van der Waals surface area contributed by atoms with Gasteiger partial charge in [0.05, 0.1) is 6.20 Å². The van der Waals surface area contributed by atoms with Crippen molar-refractivity contribution in [1.29, 1.82) is 0 Å². The first-order chi connectivity index (χ1) is 12.6. The Balaban J connectivity index is 1.83. The molecule has 0 aliphatic carbocycles. The summed E-state index contributed by atoms with van der Waals surface area (Å²) in [5, 5.41) is 31.7. The Labute approximate surface area is 154 Å². The van der Waals surface area contributed by atoms with Gasteiger partial charge in [0.1, 0.15) is 22.2 Å². The minimum absolute atomic E-state index is 0.00719. The minimum Gasteiger partial charge on any atom is -0.508 e. The number of rotatable bonds is 3. The van der Waals surface area contributed by atoms with Gasteiger partial charge in [-0.15, -0.1) is 5.10 Å². The Hall–Kier alpha value is -2.99. The number of phenols is 2. The quantitative estimate of drug-likeness (QED) is 0.557. The van der Waals surface area contributed by atoms with E-state index < -0.39 is 0 Å². The van der Waals surface area contributed by atoms with Crippen LogP contribution in [0.15, 0.2) is 64.6 Å². The first kappa shape index (κ1) is 16.5. The van der Waals surface area contributed by atoms with Gasteiger partial charge in [-0.1, -0.05) is 53.4 Å². The van der Waals surface area contributed by atoms with Crippen molar-refractivity contribution >= 4 is 22.5 Å². The van der Waals surface area contributed by atoms with E-state index in [1.807, 2.05) is 25.1 Å². The second kappa shape index (κ2) is 6.38. The summed E-state index contributed by atoms with van der Waals surface area (Å²) in [6.45, 7) is 3.49. The summed E-state index contributed by atoms with van der Waals surface area (Å²) in [7, 11) is 0. The van der Waals surface area contributed by atoms with Crippen molar-refractivity contribution in [3.8, 4) is 17.2 Å². The van der Waals surface area contributed by atoms with Crippen molar-refractivity contribution in [2.24, 2.45) is 0 Å². The van der Waals surface area contributed by atoms with E-state index in [0.29, 0.717) is 11.3 Å². The summed E-state index contributed by atoms with van der Waals surface area (Å²) in [6, 6.07) is 16.0. The van der Waals surface area contributed by atoms with Crippen molar-refractivity contribution in [3.63, 3.8) is 0 Å². The van der Waals surface area contributed by atoms with Crippen LogP contribution in [0.3, 0.4) is 0 Å². The molecule has 0 radical (unpaired) electrons. The molecule has 0 saturated carbocycles. The highest BCUT2D eigenvalue weighted by Gasteiger charge is 2.18. The number of hydrogen-bond donors (Lipinski definition) is 2. The van der Waals surface area contributed by atoms with Gasteiger partial charge in [-0.25, -0.2) is 4.68 Å². The van der Waals surface area contributed by atoms with Gasteiger partial charge < -0.3 is 10.2 Å². The maximum Gasteiger partial charge on any atom is 0.148 e. The standard InChI is InChI=1S/C20H17N3O2S/c1-12-10-16(24)13(2)20(25)19(12)23-18(11-21-22-23)26-17-9-5-7-14-6-3-4-8-15(14)17/h3-11,24-25H,1-2H3. The van der Waals surface area contributed by atoms with E-state index in [4.69, 9.17) is 0 Å². The van der Waals surface area contributed by atoms with Crippen LogP contribution in [0, 0.1) is 13.8 Å². The molecule has 0 saturated heterocycles. The lowest BCUT2D eigenvalue weighted by molar-refractivity contribution is 0.438. The largest absolute Gasteiger partial charge is 0.508 e. The molecule has 0 amide bonds. The fraction of sp³-hybridized carbons (Fsp3) is 0.100. The third-order valence-electron chi connectivity index (χ3n) is 4.38. The molecule has 1 heterocycles. The van der Waals surface area contributed by atoms with E-state index in [0.717, 1.165) is 26.3 Å². The van der Waals surface area contributed by atoms with E-state index >= 15 is 0 Å². The zero-order valence-corrected chi connectivity index (χ0v) is 15.2. The van der Waals surface area contributed by atoms with Gasteiger partial charge in [0.2, 0.25) is 0 Å². The average molecular weight is 363 g/mol. The second-order valence-electron chi connectivity index (χ2n) is 6.10. The summed E-state index contributed by atoms with van der Waals surface area (Å²) in [5.74, 6) is 0.0693. The van der Waals surface area contributed by atoms with Crippen molar-refractivity contribution in [3.05, 3.63) is 65.9 Å². The molecule has 130 valence electrons. The smallest absolute Gasteiger partial charge is 0.148 e. The van der Waals surface area contributed by atoms with Crippen LogP contribution >= 0.6 is 11.8 Å². The van der Waals surface area contributed by atoms with Gasteiger partial charge in [0.25, 0.3) is 0 Å². The van der Waals surface area contributed by atoms with Gasteiger partial charge in [-0.3, -0.25) is 0 Å². The predicted octanol–water partition coefficient (Wildman–Crippen LogP) is 4.60. The minimum atomic E-state index is 0.00719. The first-order valence-electron chi connectivity index (χ1n) is 8.15. The molecule has 0 unspecified atom stereocenters. The second-order valence-corrected chi connectivity index (χ2v) is 7.16. The number of fused-ring (bicyclic) bond motifs is 1. The third-order valence-corrected chi connectivity index (χ3v) is 5.45. The van der Waals surface area contributed by atoms with Crippen LogP contribution < -0.4 is 0 Å². The number of aromatic nitrogens is 3. The molecule has 0 fully saturated rings. The number of phenolic OH excluding ortho intramolecular Hbond substituents is 2. The zero-order chi connectivity index (χ0) is 18.3. The van der Waals surface area contributed by atoms with E-state index in [1.54, 1.807) is 23.9 Å². The maximum atomic E-state index is 10.5. The number of nitrogens with zero attached hydrogens (tertiary/aromatic N) is 3. The molecule has 1 aromatic heterocycles. The summed E-state index contributed by atoms with van der Waals surface area (Å²) >= 11 is 1.54. The van der Waals surface area contributed by atoms with Gasteiger partial charge in [-0.05, 0) is 42.3 Å². The van der Waals surface area contributed by atoms with E-state index in [9.17, 15) is 10.2 Å². The third kappa shape index (κ3) is 2.68. The molecule has 0 spiro atoms. The average Bonchev–Trinajstić information content (AvgIpc) is 3.08. The maximum absolute atomic E-state index is 10.5. The summed E-state index contributed by atoms with van der Waals surface area (Å²) in [4.78, 5) is 1.08. The Kier molecular flexibility index (Phi) is 4.05. The van der Waals surface area contributed by atoms with Gasteiger partial charge in [-0.2, -0.15) is 0 Å². The predicted molar refractivity (Wildman–Crippen MR) is 102 cm³/mol. The highest BCUT2D eigenvalue weighted by atomic mass is 32.2. The summed E-state index contributed by atoms with van der Waals surface area (Å²) in [6.07, 6.45) is 1.67. The topological polar surface area (TPSA) is 71.2 Å². The molecule has 4 aromatic rings. The molecule has 0 aliphatic rings. The molecule has 0 aliphatic heterocycles. The Morgan fingerprint density at radius 3 is 2.62 bits per heavy atom. The van der Waals surface area contributed by atoms with E-state index in [-0.39, 0.29) is 11.5 Å². The first-order valence-corrected chi connectivity index (χ1v) is 8.96. The molecular weight excluding hydrogens is 346 g/mol. The lowest BCUT2D eigenvalue weighted by Gasteiger charge is -2.14. The number of hydrogen-bond acceptors (Lipinski definition) is 5. The molecule has 0 atom stereocenters. The molecule has 6 heteroatoms. The van der Waals surface area contributed by atoms with Crippen LogP contribution in [0.5, 0.6) is 11.5 Å². The Bertz CT molecular complexity index is 1120. The van der Waals surface area contributed by atoms with Crippen molar-refractivity contribution in [2.75, 3.05) is 0 Å². The monoisotopic (exact) mass is 363 g/mol. The van der Waals surface area contributed by atoms with Crippen molar-refractivity contribution in [2.45, 2.75) is 23.8 Å². The zero-order valence-electron chi connectivity index (χ0n) is 14.3. The lowest BCUT2D eigenvalue weighted by Crippen LogP contribution is -2.03. The van der Waals surface area contributed by atoms with Gasteiger partial charge in [0.15, 0.2) is 0 Å². The Morgan fingerprint density at radius 2 is 1.77 bits per heavy atom. The molecule has 2 N–H and O–H groups in total. The van der Waals surface area contributed by atoms with E-state index in [2.05, 4.69) is 34.6 Å². The number of aryl methyl sites for hydroxylation is 1. The van der Waals surface area contributed by atoms with Crippen LogP contribution in [-0.2, 0) is 0 Å². The van der Waals surface area contributed by atoms with E-state index in [1.165, 1.54) is 11.8 Å². The summed E-state index contributed by atoms with van der Waals surface area (Å²) < 4.78 is 1.61. The number of aromatic hydroxyl groups is 2. The molecular formula is C20H17N3O2S.